The Balaban J connectivity index is 2.32. The molecule has 0 aliphatic carbocycles. The third kappa shape index (κ3) is 1.22. The topological polar surface area (TPSA) is 46.0 Å². The fraction of sp³-hybridized carbons (Fsp3) is 0. The molecule has 0 aromatic carbocycles. The molecule has 4 nitrogen and oxygen atoms in total. The summed E-state index contributed by atoms with van der Waals surface area (Å²) in [6.07, 6.45) is 5.25. The number of pyridine rings is 1. The van der Waals surface area contributed by atoms with E-state index in [1.165, 1.54) is 0 Å². The minimum absolute atomic E-state index is 0.605. The molecule has 15 heavy (non-hydrogen) atoms. The predicted octanol–water partition coefficient (Wildman–Crippen LogP) is 2.38. The molecule has 0 unspecified atom stereocenters. The van der Waals surface area contributed by atoms with Gasteiger partial charge in [-0.1, -0.05) is 17.7 Å². The Kier molecular flexibility index (Phi) is 1.76. The highest BCUT2D eigenvalue weighted by Crippen LogP contribution is 2.28. The van der Waals surface area contributed by atoms with Gasteiger partial charge in [-0.05, 0) is 12.1 Å². The van der Waals surface area contributed by atoms with Gasteiger partial charge in [0.1, 0.15) is 0 Å². The fourth-order valence-electron chi connectivity index (χ4n) is 1.59. The van der Waals surface area contributed by atoms with E-state index in [4.69, 9.17) is 11.6 Å². The van der Waals surface area contributed by atoms with Gasteiger partial charge < -0.3 is 0 Å². The summed E-state index contributed by atoms with van der Waals surface area (Å²) in [5.74, 6) is 0. The first-order valence-corrected chi connectivity index (χ1v) is 4.85. The Hall–Kier alpha value is -1.81. The number of aromatic nitrogens is 4. The molecule has 0 amide bonds. The molecule has 0 radical (unpaired) electrons. The van der Waals surface area contributed by atoms with Gasteiger partial charge in [0.05, 0.1) is 28.6 Å². The lowest BCUT2D eigenvalue weighted by Gasteiger charge is -1.95. The van der Waals surface area contributed by atoms with Gasteiger partial charge in [0.2, 0.25) is 0 Å². The lowest BCUT2D eigenvalue weighted by molar-refractivity contribution is 0.961. The number of rotatable bonds is 1. The molecule has 74 valence electrons. The third-order valence-electron chi connectivity index (χ3n) is 2.29. The first-order chi connectivity index (χ1) is 7.36. The van der Waals surface area contributed by atoms with Crippen molar-refractivity contribution in [2.75, 3.05) is 0 Å². The second-order valence-corrected chi connectivity index (χ2v) is 3.59. The summed E-state index contributed by atoms with van der Waals surface area (Å²) in [7, 11) is 0. The van der Waals surface area contributed by atoms with E-state index in [9.17, 15) is 0 Å². The van der Waals surface area contributed by atoms with Crippen LogP contribution in [-0.4, -0.2) is 19.8 Å². The normalized spacial score (nSPS) is 11.0. The van der Waals surface area contributed by atoms with Crippen LogP contribution in [-0.2, 0) is 0 Å². The molecule has 0 spiro atoms. The van der Waals surface area contributed by atoms with Gasteiger partial charge in [0.25, 0.3) is 0 Å². The molecule has 3 aromatic rings. The SMILES string of the molecule is Clc1cn[nH]c1-c1cnn2ccccc12. The van der Waals surface area contributed by atoms with E-state index in [2.05, 4.69) is 15.3 Å². The van der Waals surface area contributed by atoms with E-state index >= 15 is 0 Å². The molecule has 0 aliphatic heterocycles. The average Bonchev–Trinajstić information content (AvgIpc) is 2.83. The summed E-state index contributed by atoms with van der Waals surface area (Å²) in [6, 6.07) is 5.88. The van der Waals surface area contributed by atoms with E-state index in [0.717, 1.165) is 16.8 Å². The first kappa shape index (κ1) is 8.49. The molecule has 1 N–H and O–H groups in total. The number of hydrogen-bond donors (Lipinski definition) is 1. The molecule has 0 bridgehead atoms. The molecule has 5 heteroatoms. The highest BCUT2D eigenvalue weighted by molar-refractivity contribution is 6.33. The maximum Gasteiger partial charge on any atom is 0.0874 e. The molecule has 0 atom stereocenters. The van der Waals surface area contributed by atoms with Crippen molar-refractivity contribution in [1.29, 1.82) is 0 Å². The summed E-state index contributed by atoms with van der Waals surface area (Å²) in [5.41, 5.74) is 2.76. The van der Waals surface area contributed by atoms with E-state index < -0.39 is 0 Å². The number of nitrogens with one attached hydrogen (secondary N) is 1. The van der Waals surface area contributed by atoms with Crippen molar-refractivity contribution in [3.8, 4) is 11.3 Å². The maximum absolute atomic E-state index is 6.00. The zero-order valence-corrected chi connectivity index (χ0v) is 8.44. The van der Waals surface area contributed by atoms with Gasteiger partial charge in [0.15, 0.2) is 0 Å². The van der Waals surface area contributed by atoms with Crippen LogP contribution in [0.5, 0.6) is 0 Å². The van der Waals surface area contributed by atoms with Gasteiger partial charge in [0, 0.05) is 11.8 Å². The molecule has 0 fully saturated rings. The van der Waals surface area contributed by atoms with Gasteiger partial charge in [-0.15, -0.1) is 0 Å². The Morgan fingerprint density at radius 3 is 3.00 bits per heavy atom. The third-order valence-corrected chi connectivity index (χ3v) is 2.58. The summed E-state index contributed by atoms with van der Waals surface area (Å²) >= 11 is 6.00. The number of halogens is 1. The number of nitrogens with zero attached hydrogens (tertiary/aromatic N) is 3. The van der Waals surface area contributed by atoms with Crippen molar-refractivity contribution in [2.24, 2.45) is 0 Å². The zero-order valence-electron chi connectivity index (χ0n) is 7.68. The standard InChI is InChI=1S/C10H7ClN4/c11-8-6-12-14-10(8)7-5-13-15-4-2-1-3-9(7)15/h1-6H,(H,12,14). The van der Waals surface area contributed by atoms with Crippen molar-refractivity contribution in [3.63, 3.8) is 0 Å². The van der Waals surface area contributed by atoms with Gasteiger partial charge in [-0.25, -0.2) is 4.52 Å². The van der Waals surface area contributed by atoms with Crippen molar-refractivity contribution >= 4 is 17.1 Å². The van der Waals surface area contributed by atoms with Crippen LogP contribution in [0.15, 0.2) is 36.8 Å². The van der Waals surface area contributed by atoms with E-state index in [1.54, 1.807) is 16.9 Å². The molecule has 3 aromatic heterocycles. The fourth-order valence-corrected chi connectivity index (χ4v) is 1.78. The van der Waals surface area contributed by atoms with Crippen LogP contribution >= 0.6 is 11.6 Å². The van der Waals surface area contributed by atoms with Gasteiger partial charge >= 0.3 is 0 Å². The summed E-state index contributed by atoms with van der Waals surface area (Å²) in [6.45, 7) is 0. The number of H-pyrrole nitrogens is 1. The lowest BCUT2D eigenvalue weighted by Crippen LogP contribution is -1.83. The minimum atomic E-state index is 0.605. The van der Waals surface area contributed by atoms with Crippen molar-refractivity contribution in [1.82, 2.24) is 19.8 Å². The monoisotopic (exact) mass is 218 g/mol. The van der Waals surface area contributed by atoms with Crippen LogP contribution in [0.2, 0.25) is 5.02 Å². The molecular weight excluding hydrogens is 212 g/mol. The second kappa shape index (κ2) is 3.10. The van der Waals surface area contributed by atoms with Crippen molar-refractivity contribution in [2.45, 2.75) is 0 Å². The van der Waals surface area contributed by atoms with Crippen LogP contribution in [0.25, 0.3) is 16.8 Å². The molecule has 0 aliphatic rings. The first-order valence-electron chi connectivity index (χ1n) is 4.48. The van der Waals surface area contributed by atoms with Crippen LogP contribution < -0.4 is 0 Å². The molecular formula is C10H7ClN4. The maximum atomic E-state index is 6.00. The number of aromatic amines is 1. The Labute approximate surface area is 90.5 Å². The van der Waals surface area contributed by atoms with Crippen LogP contribution in [0.3, 0.4) is 0 Å². The number of fused-ring (bicyclic) bond motifs is 1. The van der Waals surface area contributed by atoms with E-state index in [0.29, 0.717) is 5.02 Å². The summed E-state index contributed by atoms with van der Waals surface area (Å²) in [4.78, 5) is 0. The Morgan fingerprint density at radius 2 is 2.20 bits per heavy atom. The quantitative estimate of drug-likeness (QED) is 0.682. The Bertz CT molecular complexity index is 610. The average molecular weight is 219 g/mol. The summed E-state index contributed by atoms with van der Waals surface area (Å²) in [5, 5.41) is 11.6. The predicted molar refractivity (Wildman–Crippen MR) is 57.8 cm³/mol. The second-order valence-electron chi connectivity index (χ2n) is 3.18. The van der Waals surface area contributed by atoms with Crippen LogP contribution in [0, 0.1) is 0 Å². The number of hydrogen-bond acceptors (Lipinski definition) is 2. The van der Waals surface area contributed by atoms with Crippen LogP contribution in [0.4, 0.5) is 0 Å². The van der Waals surface area contributed by atoms with Crippen molar-refractivity contribution in [3.05, 3.63) is 41.8 Å². The summed E-state index contributed by atoms with van der Waals surface area (Å²) < 4.78 is 1.80. The highest BCUT2D eigenvalue weighted by Gasteiger charge is 2.10. The lowest BCUT2D eigenvalue weighted by atomic mass is 10.2. The van der Waals surface area contributed by atoms with E-state index in [-0.39, 0.29) is 0 Å². The smallest absolute Gasteiger partial charge is 0.0874 e. The molecule has 0 saturated heterocycles. The highest BCUT2D eigenvalue weighted by atomic mass is 35.5. The van der Waals surface area contributed by atoms with Crippen LogP contribution in [0.1, 0.15) is 0 Å². The molecule has 3 rings (SSSR count). The molecule has 0 saturated carbocycles. The van der Waals surface area contributed by atoms with E-state index in [1.807, 2.05) is 24.4 Å². The zero-order chi connectivity index (χ0) is 10.3. The minimum Gasteiger partial charge on any atom is -0.276 e. The van der Waals surface area contributed by atoms with Gasteiger partial charge in [-0.3, -0.25) is 5.10 Å². The van der Waals surface area contributed by atoms with Gasteiger partial charge in [-0.2, -0.15) is 10.2 Å². The Morgan fingerprint density at radius 1 is 1.27 bits per heavy atom. The largest absolute Gasteiger partial charge is 0.276 e. The molecule has 3 heterocycles. The van der Waals surface area contributed by atoms with Crippen molar-refractivity contribution < 1.29 is 0 Å².